The molecule has 5 nitrogen and oxygen atoms in total. The van der Waals surface area contributed by atoms with Crippen molar-refractivity contribution in [2.24, 2.45) is 5.73 Å². The summed E-state index contributed by atoms with van der Waals surface area (Å²) in [6, 6.07) is 7.69. The molecule has 0 aliphatic rings. The van der Waals surface area contributed by atoms with Gasteiger partial charge in [-0.25, -0.2) is 13.1 Å². The lowest BCUT2D eigenvalue weighted by molar-refractivity contribution is -0.124. The van der Waals surface area contributed by atoms with Crippen molar-refractivity contribution >= 4 is 15.9 Å². The van der Waals surface area contributed by atoms with E-state index in [-0.39, 0.29) is 4.90 Å². The second-order valence-corrected chi connectivity index (χ2v) is 5.70. The van der Waals surface area contributed by atoms with Gasteiger partial charge in [0.25, 0.3) is 15.9 Å². The van der Waals surface area contributed by atoms with Gasteiger partial charge in [0, 0.05) is 0 Å². The molecule has 94 valence electrons. The standard InChI is InChI=1S/C11H16N2O3S/c1-3-11(2,12)10(14)13-17(15,16)9-7-5-4-6-8-9/h4-8H,3,12H2,1-2H3,(H,13,14). The van der Waals surface area contributed by atoms with Crippen LogP contribution < -0.4 is 10.5 Å². The topological polar surface area (TPSA) is 89.3 Å². The maximum absolute atomic E-state index is 11.8. The lowest BCUT2D eigenvalue weighted by Crippen LogP contribution is -2.52. The molecule has 0 heterocycles. The Morgan fingerprint density at radius 1 is 1.35 bits per heavy atom. The lowest BCUT2D eigenvalue weighted by Gasteiger charge is -2.21. The Labute approximate surface area is 101 Å². The summed E-state index contributed by atoms with van der Waals surface area (Å²) in [4.78, 5) is 11.7. The van der Waals surface area contributed by atoms with E-state index in [4.69, 9.17) is 5.73 Å². The highest BCUT2D eigenvalue weighted by molar-refractivity contribution is 7.90. The molecule has 3 N–H and O–H groups in total. The molecule has 0 spiro atoms. The second kappa shape index (κ2) is 4.85. The van der Waals surface area contributed by atoms with E-state index in [1.807, 2.05) is 4.72 Å². The van der Waals surface area contributed by atoms with Crippen molar-refractivity contribution in [3.05, 3.63) is 30.3 Å². The van der Waals surface area contributed by atoms with E-state index in [0.29, 0.717) is 6.42 Å². The molecule has 1 rings (SSSR count). The SMILES string of the molecule is CCC(C)(N)C(=O)NS(=O)(=O)c1ccccc1. The summed E-state index contributed by atoms with van der Waals surface area (Å²) >= 11 is 0. The van der Waals surface area contributed by atoms with Crippen LogP contribution in [-0.4, -0.2) is 19.9 Å². The minimum Gasteiger partial charge on any atom is -0.318 e. The minimum atomic E-state index is -3.83. The highest BCUT2D eigenvalue weighted by atomic mass is 32.2. The first-order valence-electron chi connectivity index (χ1n) is 5.21. The number of nitrogens with two attached hydrogens (primary N) is 1. The Kier molecular flexibility index (Phi) is 3.90. The summed E-state index contributed by atoms with van der Waals surface area (Å²) < 4.78 is 25.6. The molecule has 1 atom stereocenters. The van der Waals surface area contributed by atoms with E-state index < -0.39 is 21.5 Å². The molecule has 17 heavy (non-hydrogen) atoms. The van der Waals surface area contributed by atoms with Gasteiger partial charge in [0.2, 0.25) is 0 Å². The van der Waals surface area contributed by atoms with Crippen LogP contribution in [0.15, 0.2) is 35.2 Å². The Hall–Kier alpha value is -1.40. The van der Waals surface area contributed by atoms with Crippen molar-refractivity contribution in [1.29, 1.82) is 0 Å². The summed E-state index contributed by atoms with van der Waals surface area (Å²) in [6.45, 7) is 3.21. The molecule has 0 fully saturated rings. The maximum atomic E-state index is 11.8. The molecule has 1 aromatic carbocycles. The molecule has 1 aromatic rings. The molecule has 0 aliphatic heterocycles. The fourth-order valence-corrected chi connectivity index (χ4v) is 2.17. The summed E-state index contributed by atoms with van der Waals surface area (Å²) in [5.41, 5.74) is 4.48. The fourth-order valence-electron chi connectivity index (χ4n) is 1.06. The van der Waals surface area contributed by atoms with Crippen LogP contribution in [-0.2, 0) is 14.8 Å². The van der Waals surface area contributed by atoms with Gasteiger partial charge in [-0.2, -0.15) is 0 Å². The smallest absolute Gasteiger partial charge is 0.264 e. The van der Waals surface area contributed by atoms with Crippen LogP contribution in [0.3, 0.4) is 0 Å². The van der Waals surface area contributed by atoms with Crippen LogP contribution in [0, 0.1) is 0 Å². The van der Waals surface area contributed by atoms with Crippen molar-refractivity contribution in [3.8, 4) is 0 Å². The molecule has 0 saturated carbocycles. The van der Waals surface area contributed by atoms with Gasteiger partial charge in [-0.3, -0.25) is 4.79 Å². The number of carbonyl (C=O) groups is 1. The van der Waals surface area contributed by atoms with E-state index in [2.05, 4.69) is 0 Å². The van der Waals surface area contributed by atoms with Crippen LogP contribution in [0.5, 0.6) is 0 Å². The van der Waals surface area contributed by atoms with Gasteiger partial charge in [-0.1, -0.05) is 25.1 Å². The van der Waals surface area contributed by atoms with Gasteiger partial charge in [0.05, 0.1) is 10.4 Å². The molecule has 6 heteroatoms. The van der Waals surface area contributed by atoms with E-state index >= 15 is 0 Å². The van der Waals surface area contributed by atoms with E-state index in [9.17, 15) is 13.2 Å². The van der Waals surface area contributed by atoms with Gasteiger partial charge < -0.3 is 5.73 Å². The number of benzene rings is 1. The maximum Gasteiger partial charge on any atom is 0.264 e. The van der Waals surface area contributed by atoms with Crippen molar-refractivity contribution in [3.63, 3.8) is 0 Å². The van der Waals surface area contributed by atoms with Crippen molar-refractivity contribution < 1.29 is 13.2 Å². The van der Waals surface area contributed by atoms with Crippen molar-refractivity contribution in [2.75, 3.05) is 0 Å². The van der Waals surface area contributed by atoms with Crippen molar-refractivity contribution in [1.82, 2.24) is 4.72 Å². The number of nitrogens with one attached hydrogen (secondary N) is 1. The highest BCUT2D eigenvalue weighted by Crippen LogP contribution is 2.10. The summed E-state index contributed by atoms with van der Waals surface area (Å²) in [5, 5.41) is 0. The van der Waals surface area contributed by atoms with E-state index in [1.54, 1.807) is 25.1 Å². The van der Waals surface area contributed by atoms with E-state index in [0.717, 1.165) is 0 Å². The zero-order chi connectivity index (χ0) is 13.1. The van der Waals surface area contributed by atoms with E-state index in [1.165, 1.54) is 19.1 Å². The van der Waals surface area contributed by atoms with Gasteiger partial charge in [-0.05, 0) is 25.5 Å². The molecule has 0 bridgehead atoms. The molecule has 1 amide bonds. The molecular formula is C11H16N2O3S. The normalized spacial score (nSPS) is 15.0. The van der Waals surface area contributed by atoms with Gasteiger partial charge in [0.1, 0.15) is 0 Å². The number of carbonyl (C=O) groups excluding carboxylic acids is 1. The zero-order valence-corrected chi connectivity index (χ0v) is 10.6. The summed E-state index contributed by atoms with van der Waals surface area (Å²) in [6.07, 6.45) is 0.350. The average molecular weight is 256 g/mol. The third kappa shape index (κ3) is 3.28. The summed E-state index contributed by atoms with van der Waals surface area (Å²) in [7, 11) is -3.83. The Balaban J connectivity index is 2.93. The molecule has 1 unspecified atom stereocenters. The van der Waals surface area contributed by atoms with Crippen LogP contribution in [0.4, 0.5) is 0 Å². The van der Waals surface area contributed by atoms with Gasteiger partial charge in [-0.15, -0.1) is 0 Å². The number of amides is 1. The van der Waals surface area contributed by atoms with Gasteiger partial charge in [0.15, 0.2) is 0 Å². The zero-order valence-electron chi connectivity index (χ0n) is 9.80. The minimum absolute atomic E-state index is 0.0419. The first-order valence-corrected chi connectivity index (χ1v) is 6.69. The third-order valence-corrected chi connectivity index (χ3v) is 3.88. The number of rotatable bonds is 4. The fraction of sp³-hybridized carbons (Fsp3) is 0.364. The third-order valence-electron chi connectivity index (χ3n) is 2.53. The first kappa shape index (κ1) is 13.7. The number of hydrogen-bond donors (Lipinski definition) is 2. The molecular weight excluding hydrogens is 240 g/mol. The summed E-state index contributed by atoms with van der Waals surface area (Å²) in [5.74, 6) is -0.705. The second-order valence-electron chi connectivity index (χ2n) is 4.02. The Bertz CT molecular complexity index is 495. The first-order chi connectivity index (χ1) is 7.79. The average Bonchev–Trinajstić information content (AvgIpc) is 2.29. The Morgan fingerprint density at radius 3 is 2.35 bits per heavy atom. The monoisotopic (exact) mass is 256 g/mol. The van der Waals surface area contributed by atoms with Crippen molar-refractivity contribution in [2.45, 2.75) is 30.7 Å². The van der Waals surface area contributed by atoms with Crippen LogP contribution in [0.2, 0.25) is 0 Å². The lowest BCUT2D eigenvalue weighted by atomic mass is 10.0. The van der Waals surface area contributed by atoms with Crippen LogP contribution in [0.25, 0.3) is 0 Å². The number of sulfonamides is 1. The largest absolute Gasteiger partial charge is 0.318 e. The predicted molar refractivity (Wildman–Crippen MR) is 64.7 cm³/mol. The molecule has 0 aromatic heterocycles. The molecule has 0 aliphatic carbocycles. The quantitative estimate of drug-likeness (QED) is 0.826. The van der Waals surface area contributed by atoms with Gasteiger partial charge >= 0.3 is 0 Å². The van der Waals surface area contributed by atoms with Crippen LogP contribution in [0.1, 0.15) is 20.3 Å². The number of hydrogen-bond acceptors (Lipinski definition) is 4. The molecule has 0 saturated heterocycles. The predicted octanol–water partition coefficient (Wildman–Crippen LogP) is 0.619. The highest BCUT2D eigenvalue weighted by Gasteiger charge is 2.30. The Morgan fingerprint density at radius 2 is 1.88 bits per heavy atom. The molecule has 0 radical (unpaired) electrons. The van der Waals surface area contributed by atoms with Crippen LogP contribution >= 0.6 is 0 Å².